The summed E-state index contributed by atoms with van der Waals surface area (Å²) in [6.07, 6.45) is 2.10. The third-order valence-electron chi connectivity index (χ3n) is 2.04. The number of benzene rings is 1. The number of hydrogen-bond donors (Lipinski definition) is 1. The van der Waals surface area contributed by atoms with Crippen LogP contribution in [0.15, 0.2) is 18.2 Å². The van der Waals surface area contributed by atoms with Gasteiger partial charge < -0.3 is 10.1 Å². The smallest absolute Gasteiger partial charge is 0.0823 e. The van der Waals surface area contributed by atoms with Crippen molar-refractivity contribution in [2.45, 2.75) is 12.8 Å². The molecule has 0 spiro atoms. The molecule has 0 radical (unpaired) electrons. The maximum Gasteiger partial charge on any atom is 0.0823 e. The summed E-state index contributed by atoms with van der Waals surface area (Å²) in [7, 11) is 1.71. The van der Waals surface area contributed by atoms with Crippen molar-refractivity contribution in [1.29, 1.82) is 0 Å². The fourth-order valence-electron chi connectivity index (χ4n) is 1.23. The highest BCUT2D eigenvalue weighted by Crippen LogP contribution is 2.29. The van der Waals surface area contributed by atoms with Gasteiger partial charge in [-0.15, -0.1) is 0 Å². The molecule has 0 saturated heterocycles. The van der Waals surface area contributed by atoms with Crippen molar-refractivity contribution in [3.63, 3.8) is 0 Å². The molecule has 1 rings (SSSR count). The van der Waals surface area contributed by atoms with Crippen LogP contribution >= 0.6 is 23.2 Å². The summed E-state index contributed by atoms with van der Waals surface area (Å²) in [6.45, 7) is 1.67. The quantitative estimate of drug-likeness (QED) is 0.772. The number of rotatable bonds is 6. The molecule has 15 heavy (non-hydrogen) atoms. The Bertz CT molecular complexity index is 305. The normalized spacial score (nSPS) is 10.3. The van der Waals surface area contributed by atoms with Gasteiger partial charge in [0.2, 0.25) is 0 Å². The molecule has 0 aliphatic heterocycles. The molecule has 2 nitrogen and oxygen atoms in total. The van der Waals surface area contributed by atoms with Crippen LogP contribution < -0.4 is 5.32 Å². The SMILES string of the molecule is COCCCCNc1cccc(Cl)c1Cl. The van der Waals surface area contributed by atoms with Gasteiger partial charge in [0.25, 0.3) is 0 Å². The maximum absolute atomic E-state index is 6.01. The van der Waals surface area contributed by atoms with Gasteiger partial charge in [-0.05, 0) is 25.0 Å². The van der Waals surface area contributed by atoms with Crippen molar-refractivity contribution in [1.82, 2.24) is 0 Å². The van der Waals surface area contributed by atoms with E-state index in [9.17, 15) is 0 Å². The van der Waals surface area contributed by atoms with Gasteiger partial charge >= 0.3 is 0 Å². The average Bonchev–Trinajstić information content (AvgIpc) is 2.24. The molecule has 0 saturated carbocycles. The summed E-state index contributed by atoms with van der Waals surface area (Å²) in [6, 6.07) is 5.58. The molecule has 1 N–H and O–H groups in total. The average molecular weight is 248 g/mol. The van der Waals surface area contributed by atoms with Crippen LogP contribution in [0.1, 0.15) is 12.8 Å². The molecule has 0 unspecified atom stereocenters. The van der Waals surface area contributed by atoms with Crippen molar-refractivity contribution < 1.29 is 4.74 Å². The number of anilines is 1. The molecule has 0 heterocycles. The summed E-state index contributed by atoms with van der Waals surface area (Å²) in [4.78, 5) is 0. The highest BCUT2D eigenvalue weighted by atomic mass is 35.5. The number of hydrogen-bond acceptors (Lipinski definition) is 2. The van der Waals surface area contributed by atoms with E-state index in [2.05, 4.69) is 5.32 Å². The van der Waals surface area contributed by atoms with Gasteiger partial charge in [0, 0.05) is 20.3 Å². The first kappa shape index (κ1) is 12.6. The van der Waals surface area contributed by atoms with Crippen molar-refractivity contribution >= 4 is 28.9 Å². The molecule has 1 aromatic carbocycles. The second kappa shape index (κ2) is 6.94. The number of halogens is 2. The summed E-state index contributed by atoms with van der Waals surface area (Å²) < 4.78 is 4.96. The Labute approximate surface area is 101 Å². The van der Waals surface area contributed by atoms with Crippen LogP contribution in [-0.2, 0) is 4.74 Å². The highest BCUT2D eigenvalue weighted by molar-refractivity contribution is 6.43. The zero-order valence-electron chi connectivity index (χ0n) is 8.72. The number of methoxy groups -OCH3 is 1. The third-order valence-corrected chi connectivity index (χ3v) is 2.86. The standard InChI is InChI=1S/C11H15Cl2NO/c1-15-8-3-2-7-14-10-6-4-5-9(12)11(10)13/h4-6,14H,2-3,7-8H2,1H3. The van der Waals surface area contributed by atoms with Gasteiger partial charge in [0.05, 0.1) is 15.7 Å². The van der Waals surface area contributed by atoms with Gasteiger partial charge in [0.1, 0.15) is 0 Å². The van der Waals surface area contributed by atoms with E-state index in [0.29, 0.717) is 10.0 Å². The summed E-state index contributed by atoms with van der Waals surface area (Å²) >= 11 is 11.9. The maximum atomic E-state index is 6.01. The van der Waals surface area contributed by atoms with E-state index in [4.69, 9.17) is 27.9 Å². The van der Waals surface area contributed by atoms with Crippen LogP contribution in [0.5, 0.6) is 0 Å². The van der Waals surface area contributed by atoms with Crippen molar-refractivity contribution in [2.24, 2.45) is 0 Å². The van der Waals surface area contributed by atoms with Gasteiger partial charge in [-0.25, -0.2) is 0 Å². The molecule has 1 aromatic rings. The molecule has 0 amide bonds. The van der Waals surface area contributed by atoms with E-state index in [1.165, 1.54) is 0 Å². The minimum atomic E-state index is 0.582. The predicted molar refractivity (Wildman–Crippen MR) is 66.1 cm³/mol. The Balaban J connectivity index is 2.34. The van der Waals surface area contributed by atoms with Gasteiger partial charge in [-0.1, -0.05) is 29.3 Å². The molecule has 0 aliphatic carbocycles. The Hall–Kier alpha value is -0.440. The zero-order valence-corrected chi connectivity index (χ0v) is 10.2. The molecule has 0 fully saturated rings. The molecule has 0 aromatic heterocycles. The lowest BCUT2D eigenvalue weighted by Crippen LogP contribution is -2.03. The first-order chi connectivity index (χ1) is 7.25. The van der Waals surface area contributed by atoms with Crippen LogP contribution in [-0.4, -0.2) is 20.3 Å². The Kier molecular flexibility index (Phi) is 5.84. The van der Waals surface area contributed by atoms with E-state index >= 15 is 0 Å². The zero-order chi connectivity index (χ0) is 11.1. The Morgan fingerprint density at radius 2 is 2.07 bits per heavy atom. The van der Waals surface area contributed by atoms with Crippen molar-refractivity contribution in [3.8, 4) is 0 Å². The van der Waals surface area contributed by atoms with E-state index in [1.807, 2.05) is 12.1 Å². The fourth-order valence-corrected chi connectivity index (χ4v) is 1.60. The van der Waals surface area contributed by atoms with Crippen LogP contribution in [0, 0.1) is 0 Å². The highest BCUT2D eigenvalue weighted by Gasteiger charge is 2.02. The summed E-state index contributed by atoms with van der Waals surface area (Å²) in [5, 5.41) is 4.41. The molecule has 0 aliphatic rings. The molecule has 84 valence electrons. The largest absolute Gasteiger partial charge is 0.385 e. The molecular formula is C11H15Cl2NO. The molecule has 0 bridgehead atoms. The van der Waals surface area contributed by atoms with E-state index in [-0.39, 0.29) is 0 Å². The van der Waals surface area contributed by atoms with Crippen molar-refractivity contribution in [2.75, 3.05) is 25.6 Å². The summed E-state index contributed by atoms with van der Waals surface area (Å²) in [5.41, 5.74) is 0.890. The van der Waals surface area contributed by atoms with Gasteiger partial charge in [-0.2, -0.15) is 0 Å². The van der Waals surface area contributed by atoms with E-state index < -0.39 is 0 Å². The lowest BCUT2D eigenvalue weighted by molar-refractivity contribution is 0.194. The Morgan fingerprint density at radius 3 is 2.80 bits per heavy atom. The monoisotopic (exact) mass is 247 g/mol. The van der Waals surface area contributed by atoms with Crippen LogP contribution in [0.25, 0.3) is 0 Å². The van der Waals surface area contributed by atoms with Crippen LogP contribution in [0.4, 0.5) is 5.69 Å². The van der Waals surface area contributed by atoms with Gasteiger partial charge in [0.15, 0.2) is 0 Å². The first-order valence-corrected chi connectivity index (χ1v) is 5.68. The fraction of sp³-hybridized carbons (Fsp3) is 0.455. The summed E-state index contributed by atoms with van der Waals surface area (Å²) in [5.74, 6) is 0. The van der Waals surface area contributed by atoms with E-state index in [1.54, 1.807) is 13.2 Å². The second-order valence-corrected chi connectivity index (χ2v) is 4.01. The second-order valence-electron chi connectivity index (χ2n) is 3.23. The number of ether oxygens (including phenoxy) is 1. The Morgan fingerprint density at radius 1 is 1.27 bits per heavy atom. The third kappa shape index (κ3) is 4.29. The minimum absolute atomic E-state index is 0.582. The van der Waals surface area contributed by atoms with Crippen LogP contribution in [0.3, 0.4) is 0 Å². The molecular weight excluding hydrogens is 233 g/mol. The number of nitrogens with one attached hydrogen (secondary N) is 1. The van der Waals surface area contributed by atoms with Crippen molar-refractivity contribution in [3.05, 3.63) is 28.2 Å². The lowest BCUT2D eigenvalue weighted by atomic mass is 10.3. The minimum Gasteiger partial charge on any atom is -0.385 e. The van der Waals surface area contributed by atoms with Crippen LogP contribution in [0.2, 0.25) is 10.0 Å². The molecule has 4 heteroatoms. The topological polar surface area (TPSA) is 21.3 Å². The van der Waals surface area contributed by atoms with Gasteiger partial charge in [-0.3, -0.25) is 0 Å². The first-order valence-electron chi connectivity index (χ1n) is 4.92. The van der Waals surface area contributed by atoms with E-state index in [0.717, 1.165) is 31.7 Å². The lowest BCUT2D eigenvalue weighted by Gasteiger charge is -2.08. The molecule has 0 atom stereocenters. The predicted octanol–water partition coefficient (Wildman–Crippen LogP) is 3.83. The number of unbranched alkanes of at least 4 members (excludes halogenated alkanes) is 1.